The Hall–Kier alpha value is -0.820. The van der Waals surface area contributed by atoms with Gasteiger partial charge in [0.25, 0.3) is 0 Å². The molecule has 1 aliphatic rings. The lowest BCUT2D eigenvalue weighted by Crippen LogP contribution is -2.36. The van der Waals surface area contributed by atoms with Crippen LogP contribution in [-0.2, 0) is 14.8 Å². The number of methoxy groups -OCH3 is 1. The fourth-order valence-electron chi connectivity index (χ4n) is 2.53. The van der Waals surface area contributed by atoms with Crippen LogP contribution in [0.15, 0.2) is 23.1 Å². The van der Waals surface area contributed by atoms with Crippen LogP contribution in [0, 0.1) is 5.92 Å². The van der Waals surface area contributed by atoms with Gasteiger partial charge in [-0.15, -0.1) is 0 Å². The van der Waals surface area contributed by atoms with Gasteiger partial charge in [-0.05, 0) is 37.0 Å². The van der Waals surface area contributed by atoms with Crippen molar-refractivity contribution in [3.05, 3.63) is 23.2 Å². The summed E-state index contributed by atoms with van der Waals surface area (Å²) in [5, 5.41) is 0.296. The Balaban J connectivity index is 2.25. The van der Waals surface area contributed by atoms with Crippen molar-refractivity contribution in [3.8, 4) is 5.75 Å². The summed E-state index contributed by atoms with van der Waals surface area (Å²) in [5.74, 6) is 0.724. The maximum absolute atomic E-state index is 12.8. The first kappa shape index (κ1) is 17.5. The van der Waals surface area contributed by atoms with Crippen molar-refractivity contribution in [1.29, 1.82) is 0 Å². The Morgan fingerprint density at radius 2 is 2.23 bits per heavy atom. The van der Waals surface area contributed by atoms with Crippen molar-refractivity contribution < 1.29 is 17.9 Å². The summed E-state index contributed by atoms with van der Waals surface area (Å²) in [6.45, 7) is 4.27. The fraction of sp³-hybridized carbons (Fsp3) is 0.600. The number of sulfonamides is 1. The number of benzene rings is 1. The van der Waals surface area contributed by atoms with Gasteiger partial charge in [-0.2, -0.15) is 4.31 Å². The normalized spacial score (nSPS) is 18.8. The van der Waals surface area contributed by atoms with Gasteiger partial charge in [-0.3, -0.25) is 0 Å². The second-order valence-electron chi connectivity index (χ2n) is 5.39. The monoisotopic (exact) mass is 347 g/mol. The van der Waals surface area contributed by atoms with Crippen molar-refractivity contribution in [1.82, 2.24) is 4.31 Å². The van der Waals surface area contributed by atoms with Crippen LogP contribution in [0.1, 0.15) is 19.8 Å². The molecule has 22 heavy (non-hydrogen) atoms. The van der Waals surface area contributed by atoms with E-state index in [0.717, 1.165) is 12.8 Å². The zero-order valence-electron chi connectivity index (χ0n) is 12.9. The van der Waals surface area contributed by atoms with Crippen molar-refractivity contribution in [2.45, 2.75) is 24.7 Å². The van der Waals surface area contributed by atoms with Crippen LogP contribution in [0.5, 0.6) is 5.75 Å². The number of rotatable bonds is 7. The lowest BCUT2D eigenvalue weighted by Gasteiger charge is -2.24. The fourth-order valence-corrected chi connectivity index (χ4v) is 4.49. The van der Waals surface area contributed by atoms with Gasteiger partial charge in [0.2, 0.25) is 10.0 Å². The molecule has 0 aromatic heterocycles. The molecule has 0 spiro atoms. The first-order valence-electron chi connectivity index (χ1n) is 7.40. The molecule has 0 amide bonds. The predicted molar refractivity (Wildman–Crippen MR) is 86.0 cm³/mol. The van der Waals surface area contributed by atoms with Gasteiger partial charge in [0.1, 0.15) is 5.75 Å². The Bertz CT molecular complexity index is 600. The topological polar surface area (TPSA) is 55.8 Å². The molecule has 0 radical (unpaired) electrons. The molecule has 1 heterocycles. The minimum atomic E-state index is -3.56. The minimum Gasteiger partial charge on any atom is -0.495 e. The zero-order chi connectivity index (χ0) is 16.2. The van der Waals surface area contributed by atoms with Gasteiger partial charge in [-0.25, -0.2) is 8.42 Å². The van der Waals surface area contributed by atoms with Gasteiger partial charge in [0.05, 0.1) is 23.6 Å². The number of hydrogen-bond donors (Lipinski definition) is 0. The van der Waals surface area contributed by atoms with E-state index < -0.39 is 10.0 Å². The molecular weight excluding hydrogens is 326 g/mol. The number of halogens is 1. The molecule has 1 atom stereocenters. The van der Waals surface area contributed by atoms with Crippen LogP contribution in [0.4, 0.5) is 0 Å². The van der Waals surface area contributed by atoms with Crippen molar-refractivity contribution in [3.63, 3.8) is 0 Å². The van der Waals surface area contributed by atoms with Crippen LogP contribution in [-0.4, -0.2) is 46.1 Å². The third kappa shape index (κ3) is 3.93. The van der Waals surface area contributed by atoms with Gasteiger partial charge in [0, 0.05) is 19.7 Å². The predicted octanol–water partition coefficient (Wildman–Crippen LogP) is 2.79. The number of ether oxygens (including phenoxy) is 2. The lowest BCUT2D eigenvalue weighted by atomic mass is 10.1. The molecule has 0 N–H and O–H groups in total. The van der Waals surface area contributed by atoms with Crippen LogP contribution in [0.2, 0.25) is 5.02 Å². The van der Waals surface area contributed by atoms with E-state index in [1.165, 1.54) is 23.5 Å². The highest BCUT2D eigenvalue weighted by Gasteiger charge is 2.28. The molecule has 0 saturated carbocycles. The smallest absolute Gasteiger partial charge is 0.243 e. The van der Waals surface area contributed by atoms with E-state index in [1.807, 2.05) is 6.92 Å². The van der Waals surface area contributed by atoms with Crippen LogP contribution < -0.4 is 4.74 Å². The third-order valence-corrected chi connectivity index (χ3v) is 5.88. The summed E-state index contributed by atoms with van der Waals surface area (Å²) in [7, 11) is -2.06. The summed E-state index contributed by atoms with van der Waals surface area (Å²) < 4.78 is 37.6. The van der Waals surface area contributed by atoms with Gasteiger partial charge in [0.15, 0.2) is 0 Å². The molecule has 0 bridgehead atoms. The minimum absolute atomic E-state index is 0.200. The highest BCUT2D eigenvalue weighted by molar-refractivity contribution is 7.89. The summed E-state index contributed by atoms with van der Waals surface area (Å²) >= 11 is 6.06. The third-order valence-electron chi connectivity index (χ3n) is 3.72. The van der Waals surface area contributed by atoms with E-state index in [0.29, 0.717) is 37.1 Å². The van der Waals surface area contributed by atoms with Crippen molar-refractivity contribution in [2.75, 3.05) is 33.4 Å². The van der Waals surface area contributed by atoms with E-state index in [4.69, 9.17) is 21.1 Å². The van der Waals surface area contributed by atoms with Gasteiger partial charge < -0.3 is 9.47 Å². The molecule has 1 saturated heterocycles. The molecule has 124 valence electrons. The Kier molecular flexibility index (Phi) is 6.09. The molecule has 2 rings (SSSR count). The standard InChI is InChI=1S/C15H22ClNO4S/c1-3-7-17(10-12-6-8-21-11-12)22(18,19)13-4-5-15(20-2)14(16)9-13/h4-5,9,12H,3,6-8,10-11H2,1-2H3. The maximum Gasteiger partial charge on any atom is 0.243 e. The SMILES string of the molecule is CCCN(CC1CCOC1)S(=O)(=O)c1ccc(OC)c(Cl)c1. The average Bonchev–Trinajstić information content (AvgIpc) is 2.99. The Morgan fingerprint density at radius 1 is 1.45 bits per heavy atom. The van der Waals surface area contributed by atoms with E-state index in [-0.39, 0.29) is 10.8 Å². The summed E-state index contributed by atoms with van der Waals surface area (Å²) in [5.41, 5.74) is 0. The largest absolute Gasteiger partial charge is 0.495 e. The molecule has 1 aliphatic heterocycles. The number of nitrogens with zero attached hydrogens (tertiary/aromatic N) is 1. The maximum atomic E-state index is 12.8. The van der Waals surface area contributed by atoms with E-state index in [9.17, 15) is 8.42 Å². The molecule has 1 aromatic rings. The first-order valence-corrected chi connectivity index (χ1v) is 9.22. The zero-order valence-corrected chi connectivity index (χ0v) is 14.5. The first-order chi connectivity index (χ1) is 10.5. The lowest BCUT2D eigenvalue weighted by molar-refractivity contribution is 0.180. The summed E-state index contributed by atoms with van der Waals surface area (Å²) in [4.78, 5) is 0.200. The second-order valence-corrected chi connectivity index (χ2v) is 7.73. The molecule has 1 aromatic carbocycles. The van der Waals surface area contributed by atoms with Crippen LogP contribution in [0.25, 0.3) is 0 Å². The molecular formula is C15H22ClNO4S. The Labute approximate surface area is 137 Å². The highest BCUT2D eigenvalue weighted by Crippen LogP contribution is 2.29. The molecule has 7 heteroatoms. The molecule has 1 unspecified atom stereocenters. The van der Waals surface area contributed by atoms with Crippen molar-refractivity contribution >= 4 is 21.6 Å². The average molecular weight is 348 g/mol. The molecule has 5 nitrogen and oxygen atoms in total. The second kappa shape index (κ2) is 7.64. The quantitative estimate of drug-likeness (QED) is 0.761. The highest BCUT2D eigenvalue weighted by atomic mass is 35.5. The van der Waals surface area contributed by atoms with Gasteiger partial charge >= 0.3 is 0 Å². The van der Waals surface area contributed by atoms with Crippen LogP contribution in [0.3, 0.4) is 0 Å². The van der Waals surface area contributed by atoms with Gasteiger partial charge in [-0.1, -0.05) is 18.5 Å². The molecule has 1 fully saturated rings. The Morgan fingerprint density at radius 3 is 2.77 bits per heavy atom. The van der Waals surface area contributed by atoms with E-state index in [1.54, 1.807) is 6.07 Å². The van der Waals surface area contributed by atoms with Crippen LogP contribution >= 0.6 is 11.6 Å². The number of hydrogen-bond acceptors (Lipinski definition) is 4. The molecule has 0 aliphatic carbocycles. The summed E-state index contributed by atoms with van der Waals surface area (Å²) in [6.07, 6.45) is 1.66. The van der Waals surface area contributed by atoms with Crippen molar-refractivity contribution in [2.24, 2.45) is 5.92 Å². The summed E-state index contributed by atoms with van der Waals surface area (Å²) in [6, 6.07) is 4.56. The van der Waals surface area contributed by atoms with E-state index >= 15 is 0 Å². The van der Waals surface area contributed by atoms with E-state index in [2.05, 4.69) is 0 Å².